The molecule has 0 aromatic heterocycles. The first-order valence-electron chi connectivity index (χ1n) is 9.84. The van der Waals surface area contributed by atoms with Gasteiger partial charge in [-0.1, -0.05) is 36.2 Å². The summed E-state index contributed by atoms with van der Waals surface area (Å²) in [6, 6.07) is 10.8. The van der Waals surface area contributed by atoms with E-state index in [1.807, 2.05) is 6.92 Å². The lowest BCUT2D eigenvalue weighted by Gasteiger charge is -2.25. The number of aliphatic hydroxyl groups is 1. The smallest absolute Gasteiger partial charge is 0.295 e. The fourth-order valence-electron chi connectivity index (χ4n) is 3.41. The van der Waals surface area contributed by atoms with Gasteiger partial charge in [0.25, 0.3) is 11.7 Å². The van der Waals surface area contributed by atoms with Gasteiger partial charge in [-0.25, -0.2) is 0 Å². The van der Waals surface area contributed by atoms with Crippen molar-refractivity contribution in [2.45, 2.75) is 19.4 Å². The van der Waals surface area contributed by atoms with Crippen LogP contribution < -0.4 is 4.74 Å². The number of rotatable bonds is 8. The molecule has 8 heteroatoms. The Morgan fingerprint density at radius 1 is 1.06 bits per heavy atom. The Kier molecular flexibility index (Phi) is 7.59. The average molecular weight is 464 g/mol. The van der Waals surface area contributed by atoms with E-state index in [1.165, 1.54) is 12.0 Å². The molecule has 1 aliphatic rings. The first-order valence-corrected chi connectivity index (χ1v) is 10.6. The van der Waals surface area contributed by atoms with Gasteiger partial charge in [0, 0.05) is 19.2 Å². The lowest BCUT2D eigenvalue weighted by Crippen LogP contribution is -2.32. The second-order valence-corrected chi connectivity index (χ2v) is 7.85. The van der Waals surface area contributed by atoms with E-state index in [0.717, 1.165) is 6.42 Å². The summed E-state index contributed by atoms with van der Waals surface area (Å²) in [6.07, 6.45) is 0.871. The fourth-order valence-corrected chi connectivity index (χ4v) is 3.72. The van der Waals surface area contributed by atoms with Gasteiger partial charge in [-0.2, -0.15) is 0 Å². The molecule has 0 spiro atoms. The van der Waals surface area contributed by atoms with E-state index >= 15 is 0 Å². The lowest BCUT2D eigenvalue weighted by atomic mass is 9.95. The third-order valence-corrected chi connectivity index (χ3v) is 5.68. The highest BCUT2D eigenvalue weighted by Gasteiger charge is 2.46. The zero-order chi connectivity index (χ0) is 22.5. The zero-order valence-corrected chi connectivity index (χ0v) is 18.7. The Morgan fingerprint density at radius 2 is 1.77 bits per heavy atom. The van der Waals surface area contributed by atoms with Crippen LogP contribution in [0.1, 0.15) is 30.5 Å². The first-order chi connectivity index (χ1) is 14.9. The van der Waals surface area contributed by atoms with Gasteiger partial charge >= 0.3 is 0 Å². The predicted molar refractivity (Wildman–Crippen MR) is 120 cm³/mol. The van der Waals surface area contributed by atoms with Crippen LogP contribution in [-0.4, -0.2) is 48.6 Å². The second kappa shape index (κ2) is 10.2. The number of hydrogen-bond acceptors (Lipinski definition) is 5. The molecule has 6 nitrogen and oxygen atoms in total. The summed E-state index contributed by atoms with van der Waals surface area (Å²) in [7, 11) is 1.51. The molecule has 0 aliphatic carbocycles. The molecule has 1 unspecified atom stereocenters. The first kappa shape index (κ1) is 23.1. The SMILES string of the molecule is CCCOc1ccc(/C(O)=C2/C(=O)C(=O)N(CCOC)C2c2ccc(Cl)c(Cl)c2)cc1. The summed E-state index contributed by atoms with van der Waals surface area (Å²) in [6.45, 7) is 2.99. The number of likely N-dealkylation sites (tertiary alicyclic amines) is 1. The molecule has 2 aromatic carbocycles. The second-order valence-electron chi connectivity index (χ2n) is 7.03. The third kappa shape index (κ3) is 4.87. The van der Waals surface area contributed by atoms with Crippen molar-refractivity contribution < 1.29 is 24.2 Å². The number of methoxy groups -OCH3 is 1. The molecule has 0 saturated carbocycles. The molecular formula is C23H23Cl2NO5. The average Bonchev–Trinajstić information content (AvgIpc) is 3.02. The van der Waals surface area contributed by atoms with E-state index in [2.05, 4.69) is 0 Å². The van der Waals surface area contributed by atoms with Crippen molar-refractivity contribution in [2.75, 3.05) is 26.9 Å². The van der Waals surface area contributed by atoms with Gasteiger partial charge in [0.2, 0.25) is 0 Å². The van der Waals surface area contributed by atoms with Gasteiger partial charge in [-0.3, -0.25) is 9.59 Å². The van der Waals surface area contributed by atoms with Crippen LogP contribution in [0.25, 0.3) is 5.76 Å². The maximum atomic E-state index is 12.9. The minimum Gasteiger partial charge on any atom is -0.507 e. The molecule has 1 N–H and O–H groups in total. The summed E-state index contributed by atoms with van der Waals surface area (Å²) in [5, 5.41) is 11.7. The van der Waals surface area contributed by atoms with Crippen molar-refractivity contribution in [3.05, 3.63) is 69.2 Å². The number of nitrogens with zero attached hydrogens (tertiary/aromatic N) is 1. The quantitative estimate of drug-likeness (QED) is 0.344. The molecule has 1 fully saturated rings. The van der Waals surface area contributed by atoms with Crippen molar-refractivity contribution >= 4 is 40.7 Å². The number of ether oxygens (including phenoxy) is 2. The van der Waals surface area contributed by atoms with Crippen LogP contribution >= 0.6 is 23.2 Å². The van der Waals surface area contributed by atoms with E-state index in [9.17, 15) is 14.7 Å². The number of carbonyl (C=O) groups is 2. The van der Waals surface area contributed by atoms with E-state index in [1.54, 1.807) is 42.5 Å². The Balaban J connectivity index is 2.08. The molecule has 1 aliphatic heterocycles. The molecule has 31 heavy (non-hydrogen) atoms. The van der Waals surface area contributed by atoms with Gasteiger partial charge in [-0.05, 0) is 48.4 Å². The highest BCUT2D eigenvalue weighted by Crippen LogP contribution is 2.40. The third-order valence-electron chi connectivity index (χ3n) is 4.94. The summed E-state index contributed by atoms with van der Waals surface area (Å²) in [5.41, 5.74) is 0.953. The van der Waals surface area contributed by atoms with Crippen LogP contribution in [-0.2, 0) is 14.3 Å². The standard InChI is InChI=1S/C23H23Cl2NO5/c1-3-11-31-16-7-4-14(5-8-16)21(27)19-20(15-6-9-17(24)18(25)13-15)26(10-12-30-2)23(29)22(19)28/h4-9,13,20,27H,3,10-12H2,1-2H3/b21-19-. The molecular weight excluding hydrogens is 441 g/mol. The summed E-state index contributed by atoms with van der Waals surface area (Å²) in [4.78, 5) is 27.0. The van der Waals surface area contributed by atoms with Gasteiger partial charge in [0.05, 0.1) is 34.9 Å². The van der Waals surface area contributed by atoms with E-state index in [4.69, 9.17) is 32.7 Å². The van der Waals surface area contributed by atoms with Gasteiger partial charge < -0.3 is 19.5 Å². The van der Waals surface area contributed by atoms with Crippen LogP contribution in [0.15, 0.2) is 48.0 Å². The van der Waals surface area contributed by atoms with Crippen LogP contribution in [0.2, 0.25) is 10.0 Å². The molecule has 1 atom stereocenters. The Morgan fingerprint density at radius 3 is 2.39 bits per heavy atom. The zero-order valence-electron chi connectivity index (χ0n) is 17.2. The minimum atomic E-state index is -0.819. The number of ketones is 1. The molecule has 2 aromatic rings. The number of amides is 1. The van der Waals surface area contributed by atoms with Crippen molar-refractivity contribution in [3.63, 3.8) is 0 Å². The van der Waals surface area contributed by atoms with Crippen LogP contribution in [0.5, 0.6) is 5.75 Å². The van der Waals surface area contributed by atoms with Crippen LogP contribution in [0.4, 0.5) is 0 Å². The number of halogens is 2. The summed E-state index contributed by atoms with van der Waals surface area (Å²) >= 11 is 12.2. The number of Topliss-reactive ketones (excluding diaryl/α,β-unsaturated/α-hetero) is 1. The van der Waals surface area contributed by atoms with Crippen molar-refractivity contribution in [2.24, 2.45) is 0 Å². The normalized spacial score (nSPS) is 17.9. The molecule has 1 amide bonds. The largest absolute Gasteiger partial charge is 0.507 e. The topological polar surface area (TPSA) is 76.1 Å². The van der Waals surface area contributed by atoms with Gasteiger partial charge in [0.1, 0.15) is 11.5 Å². The Bertz CT molecular complexity index is 1000. The summed E-state index contributed by atoms with van der Waals surface area (Å²) in [5.74, 6) is -1.09. The lowest BCUT2D eigenvalue weighted by molar-refractivity contribution is -0.140. The van der Waals surface area contributed by atoms with Gasteiger partial charge in [-0.15, -0.1) is 0 Å². The van der Waals surface area contributed by atoms with Crippen molar-refractivity contribution in [1.82, 2.24) is 4.90 Å². The summed E-state index contributed by atoms with van der Waals surface area (Å²) < 4.78 is 10.7. The Hall–Kier alpha value is -2.54. The number of carbonyl (C=O) groups excluding carboxylic acids is 2. The van der Waals surface area contributed by atoms with Gasteiger partial charge in [0.15, 0.2) is 0 Å². The molecule has 1 saturated heterocycles. The maximum Gasteiger partial charge on any atom is 0.295 e. The number of aliphatic hydroxyl groups excluding tert-OH is 1. The maximum absolute atomic E-state index is 12.9. The Labute approximate surface area is 191 Å². The number of hydrogen-bond donors (Lipinski definition) is 1. The van der Waals surface area contributed by atoms with Crippen LogP contribution in [0.3, 0.4) is 0 Å². The van der Waals surface area contributed by atoms with E-state index in [0.29, 0.717) is 28.5 Å². The molecule has 0 radical (unpaired) electrons. The van der Waals surface area contributed by atoms with Crippen molar-refractivity contribution in [1.29, 1.82) is 0 Å². The fraction of sp³-hybridized carbons (Fsp3) is 0.304. The minimum absolute atomic E-state index is 0.0123. The molecule has 164 valence electrons. The highest BCUT2D eigenvalue weighted by atomic mass is 35.5. The van der Waals surface area contributed by atoms with Crippen LogP contribution in [0, 0.1) is 0 Å². The van der Waals surface area contributed by atoms with Crippen molar-refractivity contribution in [3.8, 4) is 5.75 Å². The number of benzene rings is 2. The highest BCUT2D eigenvalue weighted by molar-refractivity contribution is 6.46. The van der Waals surface area contributed by atoms with E-state index in [-0.39, 0.29) is 29.5 Å². The monoisotopic (exact) mass is 463 g/mol. The molecule has 1 heterocycles. The molecule has 3 rings (SSSR count). The molecule has 0 bridgehead atoms. The predicted octanol–water partition coefficient (Wildman–Crippen LogP) is 4.85. The van der Waals surface area contributed by atoms with E-state index < -0.39 is 17.7 Å².